The van der Waals surface area contributed by atoms with E-state index < -0.39 is 24.1 Å². The Morgan fingerprint density at radius 2 is 1.85 bits per heavy atom. The van der Waals surface area contributed by atoms with Crippen molar-refractivity contribution >= 4 is 46.2 Å². The normalized spacial score (nSPS) is 11.0. The topological polar surface area (TPSA) is 156 Å². The number of pyridine rings is 1. The van der Waals surface area contributed by atoms with Gasteiger partial charge in [0, 0.05) is 29.2 Å². The summed E-state index contributed by atoms with van der Waals surface area (Å²) in [5, 5.41) is 6.91. The van der Waals surface area contributed by atoms with E-state index in [-0.39, 0.29) is 11.5 Å². The van der Waals surface area contributed by atoms with Gasteiger partial charge in [-0.25, -0.2) is 15.2 Å². The lowest BCUT2D eigenvalue weighted by Gasteiger charge is -2.08. The number of ketones is 2. The summed E-state index contributed by atoms with van der Waals surface area (Å²) < 4.78 is 0. The molecule has 0 saturated carbocycles. The SMILES string of the molecule is CC(=O)c1ccc(NC(=O)C(CC(=O)c2sc(-c3cccnc3)nc2C)=NNC(N)=O)cc1. The van der Waals surface area contributed by atoms with Gasteiger partial charge in [-0.05, 0) is 50.2 Å². The van der Waals surface area contributed by atoms with Crippen LogP contribution in [0.3, 0.4) is 0 Å². The lowest BCUT2D eigenvalue weighted by atomic mass is 10.1. The fourth-order valence-electron chi connectivity index (χ4n) is 2.78. The average molecular weight is 465 g/mol. The second-order valence-electron chi connectivity index (χ2n) is 6.90. The molecule has 0 aliphatic carbocycles. The first-order valence-electron chi connectivity index (χ1n) is 9.70. The van der Waals surface area contributed by atoms with Crippen LogP contribution in [0, 0.1) is 6.92 Å². The Labute approximate surface area is 192 Å². The highest BCUT2D eigenvalue weighted by atomic mass is 32.1. The largest absolute Gasteiger partial charge is 0.350 e. The molecule has 2 heterocycles. The number of hydrogen-bond acceptors (Lipinski definition) is 8. The Balaban J connectivity index is 1.80. The third-order valence-electron chi connectivity index (χ3n) is 4.40. The van der Waals surface area contributed by atoms with Gasteiger partial charge in [0.2, 0.25) is 0 Å². The molecular weight excluding hydrogens is 444 g/mol. The molecule has 0 aliphatic heterocycles. The van der Waals surface area contributed by atoms with Crippen LogP contribution in [0.2, 0.25) is 0 Å². The quantitative estimate of drug-likeness (QED) is 0.264. The minimum absolute atomic E-state index is 0.114. The lowest BCUT2D eigenvalue weighted by Crippen LogP contribution is -2.31. The fourth-order valence-corrected chi connectivity index (χ4v) is 3.78. The van der Waals surface area contributed by atoms with Crippen molar-refractivity contribution in [2.45, 2.75) is 20.3 Å². The number of benzene rings is 1. The molecule has 3 rings (SSSR count). The van der Waals surface area contributed by atoms with Gasteiger partial charge < -0.3 is 11.1 Å². The number of carbonyl (C=O) groups excluding carboxylic acids is 4. The van der Waals surface area contributed by atoms with Crippen molar-refractivity contribution in [1.82, 2.24) is 15.4 Å². The number of nitrogens with two attached hydrogens (primary N) is 1. The highest BCUT2D eigenvalue weighted by Crippen LogP contribution is 2.28. The van der Waals surface area contributed by atoms with Gasteiger partial charge in [-0.15, -0.1) is 11.3 Å². The standard InChI is InChI=1S/C22H20N6O4S/c1-12-19(33-21(25-12)15-4-3-9-24-11-15)18(30)10-17(27-28-22(23)32)20(31)26-16-7-5-14(6-8-16)13(2)29/h3-9,11H,10H2,1-2H3,(H,26,31)(H3,23,28,32). The number of amides is 3. The van der Waals surface area contributed by atoms with Gasteiger partial charge in [0.1, 0.15) is 10.7 Å². The zero-order chi connectivity index (χ0) is 24.0. The van der Waals surface area contributed by atoms with E-state index >= 15 is 0 Å². The van der Waals surface area contributed by atoms with Gasteiger partial charge in [0.15, 0.2) is 11.6 Å². The number of primary amides is 1. The van der Waals surface area contributed by atoms with Gasteiger partial charge in [0.25, 0.3) is 5.91 Å². The summed E-state index contributed by atoms with van der Waals surface area (Å²) in [5.74, 6) is -1.22. The molecule has 33 heavy (non-hydrogen) atoms. The van der Waals surface area contributed by atoms with Crippen molar-refractivity contribution in [2.24, 2.45) is 10.8 Å². The maximum atomic E-state index is 13.0. The average Bonchev–Trinajstić information content (AvgIpc) is 3.19. The molecule has 0 bridgehead atoms. The maximum Gasteiger partial charge on any atom is 0.332 e. The summed E-state index contributed by atoms with van der Waals surface area (Å²) in [7, 11) is 0. The van der Waals surface area contributed by atoms with Crippen LogP contribution in [0.15, 0.2) is 53.9 Å². The van der Waals surface area contributed by atoms with Crippen molar-refractivity contribution in [3.8, 4) is 10.6 Å². The molecule has 0 unspecified atom stereocenters. The van der Waals surface area contributed by atoms with Gasteiger partial charge in [-0.1, -0.05) is 0 Å². The summed E-state index contributed by atoms with van der Waals surface area (Å²) in [6, 6.07) is 8.82. The summed E-state index contributed by atoms with van der Waals surface area (Å²) >= 11 is 1.18. The summed E-state index contributed by atoms with van der Waals surface area (Å²) in [4.78, 5) is 57.0. The summed E-state index contributed by atoms with van der Waals surface area (Å²) in [6.07, 6.45) is 2.88. The number of thiazole rings is 1. The first-order valence-corrected chi connectivity index (χ1v) is 10.5. The van der Waals surface area contributed by atoms with Gasteiger partial charge in [-0.3, -0.25) is 19.4 Å². The van der Waals surface area contributed by atoms with Gasteiger partial charge in [0.05, 0.1) is 17.0 Å². The molecule has 0 aliphatic rings. The molecule has 0 radical (unpaired) electrons. The highest BCUT2D eigenvalue weighted by molar-refractivity contribution is 7.17. The summed E-state index contributed by atoms with van der Waals surface area (Å²) in [5.41, 5.74) is 8.94. The second kappa shape index (κ2) is 10.4. The Hall–Kier alpha value is -4.25. The fraction of sp³-hybridized carbons (Fsp3) is 0.136. The zero-order valence-electron chi connectivity index (χ0n) is 17.8. The number of rotatable bonds is 8. The molecule has 2 aromatic heterocycles. The molecule has 0 fully saturated rings. The van der Waals surface area contributed by atoms with E-state index in [4.69, 9.17) is 5.73 Å². The van der Waals surface area contributed by atoms with E-state index in [1.807, 2.05) is 11.5 Å². The molecular formula is C22H20N6O4S. The number of anilines is 1. The van der Waals surface area contributed by atoms with E-state index in [0.717, 1.165) is 5.56 Å². The Morgan fingerprint density at radius 3 is 2.45 bits per heavy atom. The molecule has 1 aromatic carbocycles. The van der Waals surface area contributed by atoms with Crippen LogP contribution in [0.5, 0.6) is 0 Å². The van der Waals surface area contributed by atoms with E-state index in [1.54, 1.807) is 49.6 Å². The molecule has 0 saturated heterocycles. The minimum atomic E-state index is -0.980. The number of hydrogen-bond donors (Lipinski definition) is 3. The number of nitrogens with zero attached hydrogens (tertiary/aromatic N) is 3. The molecule has 168 valence electrons. The Kier molecular flexibility index (Phi) is 7.36. The van der Waals surface area contributed by atoms with E-state index in [0.29, 0.717) is 26.8 Å². The predicted octanol–water partition coefficient (Wildman–Crippen LogP) is 2.95. The molecule has 3 amide bonds. The van der Waals surface area contributed by atoms with Crippen LogP contribution in [0.1, 0.15) is 39.1 Å². The second-order valence-corrected chi connectivity index (χ2v) is 7.90. The van der Waals surface area contributed by atoms with Crippen LogP contribution < -0.4 is 16.5 Å². The van der Waals surface area contributed by atoms with Crippen LogP contribution in [0.25, 0.3) is 10.6 Å². The number of hydrazone groups is 1. The Bertz CT molecular complexity index is 1240. The van der Waals surface area contributed by atoms with Crippen molar-refractivity contribution in [3.05, 3.63) is 64.9 Å². The van der Waals surface area contributed by atoms with E-state index in [2.05, 4.69) is 20.4 Å². The number of aryl methyl sites for hydroxylation is 1. The maximum absolute atomic E-state index is 13.0. The molecule has 0 atom stereocenters. The minimum Gasteiger partial charge on any atom is -0.350 e. The van der Waals surface area contributed by atoms with E-state index in [1.165, 1.54) is 18.3 Å². The smallest absolute Gasteiger partial charge is 0.332 e. The van der Waals surface area contributed by atoms with Crippen molar-refractivity contribution in [3.63, 3.8) is 0 Å². The first-order chi connectivity index (χ1) is 15.7. The monoisotopic (exact) mass is 464 g/mol. The van der Waals surface area contributed by atoms with Gasteiger partial charge in [-0.2, -0.15) is 5.10 Å². The molecule has 3 aromatic rings. The van der Waals surface area contributed by atoms with Crippen LogP contribution >= 0.6 is 11.3 Å². The number of nitrogens with one attached hydrogen (secondary N) is 2. The predicted molar refractivity (Wildman–Crippen MR) is 124 cm³/mol. The molecule has 11 heteroatoms. The Morgan fingerprint density at radius 1 is 1.12 bits per heavy atom. The summed E-state index contributed by atoms with van der Waals surface area (Å²) in [6.45, 7) is 3.12. The van der Waals surface area contributed by atoms with Gasteiger partial charge >= 0.3 is 6.03 Å². The number of urea groups is 1. The molecule has 4 N–H and O–H groups in total. The lowest BCUT2D eigenvalue weighted by molar-refractivity contribution is -0.110. The molecule has 0 spiro atoms. The number of Topliss-reactive ketones (excluding diaryl/α,β-unsaturated/α-hetero) is 2. The zero-order valence-corrected chi connectivity index (χ0v) is 18.6. The third-order valence-corrected chi connectivity index (χ3v) is 5.65. The van der Waals surface area contributed by atoms with Crippen LogP contribution in [-0.4, -0.2) is 39.2 Å². The highest BCUT2D eigenvalue weighted by Gasteiger charge is 2.22. The molecule has 10 nitrogen and oxygen atoms in total. The van der Waals surface area contributed by atoms with Crippen molar-refractivity contribution in [2.75, 3.05) is 5.32 Å². The number of aromatic nitrogens is 2. The number of carbonyl (C=O) groups is 4. The first kappa shape index (κ1) is 23.4. The van der Waals surface area contributed by atoms with Crippen LogP contribution in [0.4, 0.5) is 10.5 Å². The van der Waals surface area contributed by atoms with Crippen molar-refractivity contribution in [1.29, 1.82) is 0 Å². The van der Waals surface area contributed by atoms with Crippen LogP contribution in [-0.2, 0) is 4.79 Å². The third kappa shape index (κ3) is 6.14. The van der Waals surface area contributed by atoms with E-state index in [9.17, 15) is 19.2 Å². The van der Waals surface area contributed by atoms with Crippen molar-refractivity contribution < 1.29 is 19.2 Å².